The van der Waals surface area contributed by atoms with Crippen molar-refractivity contribution in [2.24, 2.45) is 5.41 Å². The van der Waals surface area contributed by atoms with Crippen molar-refractivity contribution in [3.05, 3.63) is 28.5 Å². The second-order valence-electron chi connectivity index (χ2n) is 4.60. The van der Waals surface area contributed by atoms with E-state index in [0.717, 1.165) is 4.47 Å². The number of carboxylic acid groups (broad SMARTS) is 1. The molecule has 1 saturated carbocycles. The average Bonchev–Trinajstić information content (AvgIpc) is 2.71. The smallest absolute Gasteiger partial charge is 0.316 e. The van der Waals surface area contributed by atoms with Gasteiger partial charge in [-0.2, -0.15) is 0 Å². The SMILES string of the molecule is CC1(C)CC1(C(=O)O)c1ncccc1Br. The molecule has 3 nitrogen and oxygen atoms in total. The van der Waals surface area contributed by atoms with Crippen LogP contribution in [0.4, 0.5) is 0 Å². The maximum absolute atomic E-state index is 11.4. The van der Waals surface area contributed by atoms with Crippen LogP contribution in [0.25, 0.3) is 0 Å². The van der Waals surface area contributed by atoms with Crippen LogP contribution < -0.4 is 0 Å². The highest BCUT2D eigenvalue weighted by Gasteiger charge is 2.69. The van der Waals surface area contributed by atoms with E-state index in [1.165, 1.54) is 0 Å². The van der Waals surface area contributed by atoms with Gasteiger partial charge in [-0.25, -0.2) is 0 Å². The van der Waals surface area contributed by atoms with Gasteiger partial charge in [0.15, 0.2) is 0 Å². The first-order valence-electron chi connectivity index (χ1n) is 4.76. The molecule has 80 valence electrons. The molecule has 1 aliphatic rings. The Balaban J connectivity index is 2.55. The van der Waals surface area contributed by atoms with Crippen molar-refractivity contribution in [3.63, 3.8) is 0 Å². The molecule has 0 amide bonds. The summed E-state index contributed by atoms with van der Waals surface area (Å²) in [5.41, 5.74) is -0.384. The van der Waals surface area contributed by atoms with E-state index in [1.54, 1.807) is 12.3 Å². The number of hydrogen-bond acceptors (Lipinski definition) is 2. The zero-order chi connectivity index (χ0) is 11.3. The number of halogens is 1. The van der Waals surface area contributed by atoms with Gasteiger partial charge in [-0.3, -0.25) is 9.78 Å². The molecule has 1 aliphatic carbocycles. The number of nitrogens with zero attached hydrogens (tertiary/aromatic N) is 1. The second kappa shape index (κ2) is 3.04. The first-order chi connectivity index (χ1) is 6.92. The van der Waals surface area contributed by atoms with Crippen LogP contribution in [0.2, 0.25) is 0 Å². The van der Waals surface area contributed by atoms with Crippen molar-refractivity contribution in [1.82, 2.24) is 4.98 Å². The Morgan fingerprint density at radius 1 is 1.60 bits per heavy atom. The Bertz CT molecular complexity index is 430. The lowest BCUT2D eigenvalue weighted by Gasteiger charge is -2.16. The summed E-state index contributed by atoms with van der Waals surface area (Å²) in [6.45, 7) is 3.92. The van der Waals surface area contributed by atoms with Crippen LogP contribution in [-0.4, -0.2) is 16.1 Å². The lowest BCUT2D eigenvalue weighted by atomic mass is 9.92. The molecular formula is C11H12BrNO2. The van der Waals surface area contributed by atoms with Gasteiger partial charge in [-0.15, -0.1) is 0 Å². The van der Waals surface area contributed by atoms with E-state index in [-0.39, 0.29) is 5.41 Å². The minimum atomic E-state index is -0.812. The highest BCUT2D eigenvalue weighted by atomic mass is 79.9. The van der Waals surface area contributed by atoms with E-state index in [2.05, 4.69) is 20.9 Å². The molecule has 15 heavy (non-hydrogen) atoms. The molecule has 1 aromatic heterocycles. The van der Waals surface area contributed by atoms with E-state index in [4.69, 9.17) is 0 Å². The van der Waals surface area contributed by atoms with E-state index in [1.807, 2.05) is 19.9 Å². The van der Waals surface area contributed by atoms with Gasteiger partial charge in [0.25, 0.3) is 0 Å². The highest BCUT2D eigenvalue weighted by Crippen LogP contribution is 2.64. The summed E-state index contributed by atoms with van der Waals surface area (Å²) in [5, 5.41) is 9.36. The molecule has 2 rings (SSSR count). The maximum atomic E-state index is 11.4. The normalized spacial score (nSPS) is 27.4. The maximum Gasteiger partial charge on any atom is 0.316 e. The second-order valence-corrected chi connectivity index (χ2v) is 5.46. The molecule has 1 N–H and O–H groups in total. The molecule has 4 heteroatoms. The van der Waals surface area contributed by atoms with Gasteiger partial charge in [-0.1, -0.05) is 13.8 Å². The zero-order valence-electron chi connectivity index (χ0n) is 8.62. The Labute approximate surface area is 96.7 Å². The lowest BCUT2D eigenvalue weighted by molar-refractivity contribution is -0.141. The van der Waals surface area contributed by atoms with Gasteiger partial charge in [0.1, 0.15) is 5.41 Å². The van der Waals surface area contributed by atoms with Crippen LogP contribution in [0.15, 0.2) is 22.8 Å². The van der Waals surface area contributed by atoms with Crippen LogP contribution in [0, 0.1) is 5.41 Å². The van der Waals surface area contributed by atoms with Crippen LogP contribution in [-0.2, 0) is 10.2 Å². The summed E-state index contributed by atoms with van der Waals surface area (Å²) < 4.78 is 0.776. The molecule has 0 spiro atoms. The quantitative estimate of drug-likeness (QED) is 0.898. The summed E-state index contributed by atoms with van der Waals surface area (Å²) >= 11 is 3.37. The van der Waals surface area contributed by atoms with Crippen LogP contribution in [0.3, 0.4) is 0 Å². The first kappa shape index (κ1) is 10.6. The summed E-state index contributed by atoms with van der Waals surface area (Å²) in [6.07, 6.45) is 2.28. The van der Waals surface area contributed by atoms with Crippen molar-refractivity contribution < 1.29 is 9.90 Å². The third-order valence-corrected chi connectivity index (χ3v) is 3.91. The zero-order valence-corrected chi connectivity index (χ0v) is 10.2. The molecular weight excluding hydrogens is 258 g/mol. The van der Waals surface area contributed by atoms with Crippen LogP contribution in [0.1, 0.15) is 26.0 Å². The van der Waals surface area contributed by atoms with Gasteiger partial charge >= 0.3 is 5.97 Å². The van der Waals surface area contributed by atoms with E-state index >= 15 is 0 Å². The van der Waals surface area contributed by atoms with Crippen molar-refractivity contribution >= 4 is 21.9 Å². The molecule has 0 radical (unpaired) electrons. The van der Waals surface area contributed by atoms with E-state index in [0.29, 0.717) is 12.1 Å². The fourth-order valence-electron chi connectivity index (χ4n) is 2.19. The third kappa shape index (κ3) is 1.31. The molecule has 1 atom stereocenters. The molecule has 0 aromatic carbocycles. The van der Waals surface area contributed by atoms with Crippen molar-refractivity contribution in [1.29, 1.82) is 0 Å². The molecule has 1 aromatic rings. The monoisotopic (exact) mass is 269 g/mol. The number of aromatic nitrogens is 1. The van der Waals surface area contributed by atoms with Gasteiger partial charge in [-0.05, 0) is 39.9 Å². The number of hydrogen-bond donors (Lipinski definition) is 1. The molecule has 1 unspecified atom stereocenters. The van der Waals surface area contributed by atoms with Crippen LogP contribution >= 0.6 is 15.9 Å². The minimum absolute atomic E-state index is 0.213. The number of aliphatic carboxylic acids is 1. The Hall–Kier alpha value is -0.900. The van der Waals surface area contributed by atoms with Crippen LogP contribution in [0.5, 0.6) is 0 Å². The fourth-order valence-corrected chi connectivity index (χ4v) is 2.78. The Kier molecular flexibility index (Phi) is 2.15. The predicted molar refractivity (Wildman–Crippen MR) is 59.6 cm³/mol. The van der Waals surface area contributed by atoms with Gasteiger partial charge < -0.3 is 5.11 Å². The highest BCUT2D eigenvalue weighted by molar-refractivity contribution is 9.10. The number of rotatable bonds is 2. The number of pyridine rings is 1. The summed E-state index contributed by atoms with van der Waals surface area (Å²) in [5.74, 6) is -0.785. The summed E-state index contributed by atoms with van der Waals surface area (Å²) in [4.78, 5) is 15.6. The fraction of sp³-hybridized carbons (Fsp3) is 0.455. The third-order valence-electron chi connectivity index (χ3n) is 3.27. The molecule has 0 aliphatic heterocycles. The molecule has 0 saturated heterocycles. The van der Waals surface area contributed by atoms with E-state index in [9.17, 15) is 9.90 Å². The summed E-state index contributed by atoms with van der Waals surface area (Å²) in [7, 11) is 0. The topological polar surface area (TPSA) is 50.2 Å². The first-order valence-corrected chi connectivity index (χ1v) is 5.55. The Morgan fingerprint density at radius 2 is 2.20 bits per heavy atom. The standard InChI is InChI=1S/C11H12BrNO2/c1-10(2)6-11(10,9(14)15)8-7(12)4-3-5-13-8/h3-5H,6H2,1-2H3,(H,14,15). The van der Waals surface area contributed by atoms with Gasteiger partial charge in [0, 0.05) is 10.7 Å². The minimum Gasteiger partial charge on any atom is -0.481 e. The molecule has 0 bridgehead atoms. The van der Waals surface area contributed by atoms with Crippen molar-refractivity contribution in [2.45, 2.75) is 25.7 Å². The van der Waals surface area contributed by atoms with E-state index < -0.39 is 11.4 Å². The lowest BCUT2D eigenvalue weighted by Crippen LogP contribution is -2.27. The number of carbonyl (C=O) groups is 1. The summed E-state index contributed by atoms with van der Waals surface area (Å²) in [6, 6.07) is 3.62. The number of carboxylic acids is 1. The molecule has 1 heterocycles. The van der Waals surface area contributed by atoms with Crippen molar-refractivity contribution in [2.75, 3.05) is 0 Å². The Morgan fingerprint density at radius 3 is 2.60 bits per heavy atom. The largest absolute Gasteiger partial charge is 0.481 e. The average molecular weight is 270 g/mol. The van der Waals surface area contributed by atoms with Gasteiger partial charge in [0.05, 0.1) is 5.69 Å². The van der Waals surface area contributed by atoms with Gasteiger partial charge in [0.2, 0.25) is 0 Å². The molecule has 1 fully saturated rings. The predicted octanol–water partition coefficient (Wildman–Crippen LogP) is 2.60. The van der Waals surface area contributed by atoms with Crippen molar-refractivity contribution in [3.8, 4) is 0 Å².